The molecule has 3 rings (SSSR count). The number of aromatic nitrogens is 3. The molecule has 1 heterocycles. The van der Waals surface area contributed by atoms with Crippen LogP contribution in [0.5, 0.6) is 0 Å². The highest BCUT2D eigenvalue weighted by Gasteiger charge is 2.15. The third-order valence-corrected chi connectivity index (χ3v) is 6.14. The molecule has 2 aromatic carbocycles. The second-order valence-corrected chi connectivity index (χ2v) is 8.36. The van der Waals surface area contributed by atoms with Crippen LogP contribution in [0.1, 0.15) is 28.7 Å². The van der Waals surface area contributed by atoms with Crippen LogP contribution in [0.15, 0.2) is 47.6 Å². The maximum absolute atomic E-state index is 12.4. The van der Waals surface area contributed by atoms with Crippen LogP contribution in [0.2, 0.25) is 10.0 Å². The lowest BCUT2D eigenvalue weighted by Gasteiger charge is -2.10. The van der Waals surface area contributed by atoms with Crippen molar-refractivity contribution < 1.29 is 9.59 Å². The topological polar surface area (TPSA) is 88.9 Å². The summed E-state index contributed by atoms with van der Waals surface area (Å²) in [5, 5.41) is 15.2. The van der Waals surface area contributed by atoms with E-state index in [-0.39, 0.29) is 24.1 Å². The number of nitrogens with zero attached hydrogens (tertiary/aromatic N) is 3. The van der Waals surface area contributed by atoms with Crippen LogP contribution in [-0.2, 0) is 17.9 Å². The Hall–Kier alpha value is -2.55. The lowest BCUT2D eigenvalue weighted by Crippen LogP contribution is -2.25. The van der Waals surface area contributed by atoms with Gasteiger partial charge in [0, 0.05) is 12.1 Å². The normalized spacial score (nSPS) is 10.7. The summed E-state index contributed by atoms with van der Waals surface area (Å²) in [6.45, 7) is 4.72. The van der Waals surface area contributed by atoms with E-state index >= 15 is 0 Å². The minimum absolute atomic E-state index is 0.122. The zero-order valence-corrected chi connectivity index (χ0v) is 19.3. The zero-order valence-electron chi connectivity index (χ0n) is 17.0. The van der Waals surface area contributed by atoms with Gasteiger partial charge in [-0.3, -0.25) is 9.59 Å². The molecule has 0 unspecified atom stereocenters. The zero-order chi connectivity index (χ0) is 22.4. The molecule has 3 aromatic rings. The molecule has 10 heteroatoms. The minimum Gasteiger partial charge on any atom is -0.345 e. The minimum atomic E-state index is -0.242. The van der Waals surface area contributed by atoms with E-state index in [9.17, 15) is 9.59 Å². The van der Waals surface area contributed by atoms with Gasteiger partial charge in [0.2, 0.25) is 5.91 Å². The van der Waals surface area contributed by atoms with Gasteiger partial charge in [-0.15, -0.1) is 10.2 Å². The molecule has 2 amide bonds. The van der Waals surface area contributed by atoms with E-state index in [1.807, 2.05) is 36.6 Å². The number of rotatable bonds is 8. The van der Waals surface area contributed by atoms with Gasteiger partial charge in [-0.2, -0.15) is 0 Å². The molecule has 0 bridgehead atoms. The van der Waals surface area contributed by atoms with Crippen LogP contribution >= 0.6 is 35.0 Å². The van der Waals surface area contributed by atoms with E-state index in [1.165, 1.54) is 11.8 Å². The third-order valence-electron chi connectivity index (χ3n) is 4.36. The molecular formula is C21H21Cl2N5O2S. The van der Waals surface area contributed by atoms with Crippen molar-refractivity contribution in [3.05, 3.63) is 69.5 Å². The Morgan fingerprint density at radius 1 is 1.13 bits per heavy atom. The summed E-state index contributed by atoms with van der Waals surface area (Å²) in [5.74, 6) is 0.316. The first-order valence-electron chi connectivity index (χ1n) is 9.52. The Morgan fingerprint density at radius 2 is 1.90 bits per heavy atom. The van der Waals surface area contributed by atoms with Crippen molar-refractivity contribution in [2.75, 3.05) is 11.1 Å². The molecule has 0 spiro atoms. The Balaban J connectivity index is 1.58. The predicted octanol–water partition coefficient (Wildman–Crippen LogP) is 4.57. The van der Waals surface area contributed by atoms with Gasteiger partial charge in [0.15, 0.2) is 11.0 Å². The van der Waals surface area contributed by atoms with Crippen molar-refractivity contribution >= 4 is 52.5 Å². The number of nitrogens with one attached hydrogen (secondary N) is 2. The van der Waals surface area contributed by atoms with Crippen LogP contribution in [0.4, 0.5) is 5.69 Å². The molecule has 31 heavy (non-hydrogen) atoms. The van der Waals surface area contributed by atoms with Crippen molar-refractivity contribution in [1.29, 1.82) is 0 Å². The van der Waals surface area contributed by atoms with Gasteiger partial charge in [0.25, 0.3) is 5.91 Å². The van der Waals surface area contributed by atoms with E-state index in [4.69, 9.17) is 23.2 Å². The summed E-state index contributed by atoms with van der Waals surface area (Å²) >= 11 is 13.3. The first kappa shape index (κ1) is 23.1. The maximum Gasteiger partial charge on any atom is 0.251 e. The van der Waals surface area contributed by atoms with Gasteiger partial charge >= 0.3 is 0 Å². The highest BCUT2D eigenvalue weighted by Crippen LogP contribution is 2.29. The highest BCUT2D eigenvalue weighted by molar-refractivity contribution is 7.99. The third kappa shape index (κ3) is 6.00. The lowest BCUT2D eigenvalue weighted by atomic mass is 10.1. The van der Waals surface area contributed by atoms with Crippen molar-refractivity contribution in [3.63, 3.8) is 0 Å². The highest BCUT2D eigenvalue weighted by atomic mass is 35.5. The second kappa shape index (κ2) is 10.7. The monoisotopic (exact) mass is 477 g/mol. The molecular weight excluding hydrogens is 457 g/mol. The van der Waals surface area contributed by atoms with Crippen molar-refractivity contribution in [3.8, 4) is 0 Å². The average molecular weight is 478 g/mol. The fourth-order valence-electron chi connectivity index (χ4n) is 2.84. The maximum atomic E-state index is 12.4. The molecule has 0 saturated carbocycles. The van der Waals surface area contributed by atoms with Crippen molar-refractivity contribution in [2.45, 2.75) is 32.1 Å². The van der Waals surface area contributed by atoms with E-state index < -0.39 is 0 Å². The summed E-state index contributed by atoms with van der Waals surface area (Å²) in [6, 6.07) is 12.4. The fourth-order valence-corrected chi connectivity index (χ4v) is 4.01. The predicted molar refractivity (Wildman–Crippen MR) is 124 cm³/mol. The number of halogens is 2. The molecule has 0 radical (unpaired) electrons. The molecule has 7 nitrogen and oxygen atoms in total. The van der Waals surface area contributed by atoms with Crippen LogP contribution in [-0.4, -0.2) is 32.3 Å². The fraction of sp³-hybridized carbons (Fsp3) is 0.238. The van der Waals surface area contributed by atoms with Crippen LogP contribution in [0.25, 0.3) is 0 Å². The van der Waals surface area contributed by atoms with Gasteiger partial charge < -0.3 is 15.2 Å². The molecule has 2 N–H and O–H groups in total. The SMILES string of the molecule is CCn1c(CNC(=O)c2cccc(C)c2)nnc1SCC(=O)Nc1cccc(Cl)c1Cl. The summed E-state index contributed by atoms with van der Waals surface area (Å²) in [4.78, 5) is 24.7. The van der Waals surface area contributed by atoms with Crippen LogP contribution in [0, 0.1) is 6.92 Å². The molecule has 0 aliphatic heterocycles. The second-order valence-electron chi connectivity index (χ2n) is 6.63. The van der Waals surface area contributed by atoms with Crippen molar-refractivity contribution in [2.24, 2.45) is 0 Å². The van der Waals surface area contributed by atoms with E-state index in [0.29, 0.717) is 38.8 Å². The number of carbonyl (C=O) groups excluding carboxylic acids is 2. The van der Waals surface area contributed by atoms with Crippen LogP contribution < -0.4 is 10.6 Å². The number of thioether (sulfide) groups is 1. The number of amides is 2. The number of benzene rings is 2. The molecule has 0 fully saturated rings. The standard InChI is InChI=1S/C21H21Cl2N5O2S/c1-3-28-17(11-24-20(30)14-7-4-6-13(2)10-14)26-27-21(28)31-12-18(29)25-16-9-5-8-15(22)19(16)23/h4-10H,3,11-12H2,1-2H3,(H,24,30)(H,25,29). The van der Waals surface area contributed by atoms with Crippen molar-refractivity contribution in [1.82, 2.24) is 20.1 Å². The van der Waals surface area contributed by atoms with Gasteiger partial charge in [-0.1, -0.05) is 58.7 Å². The van der Waals surface area contributed by atoms with E-state index in [2.05, 4.69) is 20.8 Å². The lowest BCUT2D eigenvalue weighted by molar-refractivity contribution is -0.113. The number of carbonyl (C=O) groups is 2. The summed E-state index contributed by atoms with van der Waals surface area (Å²) in [5.41, 5.74) is 2.06. The van der Waals surface area contributed by atoms with Gasteiger partial charge in [0.1, 0.15) is 0 Å². The van der Waals surface area contributed by atoms with E-state index in [0.717, 1.165) is 5.56 Å². The largest absolute Gasteiger partial charge is 0.345 e. The number of aryl methyl sites for hydroxylation is 1. The van der Waals surface area contributed by atoms with Crippen LogP contribution in [0.3, 0.4) is 0 Å². The van der Waals surface area contributed by atoms with E-state index in [1.54, 1.807) is 24.3 Å². The first-order chi connectivity index (χ1) is 14.9. The Bertz CT molecular complexity index is 1100. The van der Waals surface area contributed by atoms with Gasteiger partial charge in [-0.25, -0.2) is 0 Å². The number of anilines is 1. The van der Waals surface area contributed by atoms with Gasteiger partial charge in [0.05, 0.1) is 28.0 Å². The number of hydrogen-bond donors (Lipinski definition) is 2. The number of hydrogen-bond acceptors (Lipinski definition) is 5. The summed E-state index contributed by atoms with van der Waals surface area (Å²) in [6.07, 6.45) is 0. The Labute approximate surface area is 194 Å². The summed E-state index contributed by atoms with van der Waals surface area (Å²) < 4.78 is 1.86. The quantitative estimate of drug-likeness (QED) is 0.463. The molecule has 0 aliphatic rings. The first-order valence-corrected chi connectivity index (χ1v) is 11.3. The van der Waals surface area contributed by atoms with Gasteiger partial charge in [-0.05, 0) is 38.1 Å². The molecule has 0 aliphatic carbocycles. The molecule has 1 aromatic heterocycles. The molecule has 162 valence electrons. The smallest absolute Gasteiger partial charge is 0.251 e. The average Bonchev–Trinajstić information content (AvgIpc) is 3.15. The Kier molecular flexibility index (Phi) is 7.95. The summed E-state index contributed by atoms with van der Waals surface area (Å²) in [7, 11) is 0. The molecule has 0 atom stereocenters. The molecule has 0 saturated heterocycles. The Morgan fingerprint density at radius 3 is 2.65 bits per heavy atom.